The van der Waals surface area contributed by atoms with Crippen molar-refractivity contribution in [3.05, 3.63) is 0 Å². The molecule has 0 fully saturated rings. The Balaban J connectivity index is 3.07. The van der Waals surface area contributed by atoms with E-state index in [-0.39, 0.29) is 13.2 Å². The first kappa shape index (κ1) is 9.10. The van der Waals surface area contributed by atoms with Crippen molar-refractivity contribution in [2.24, 2.45) is 0 Å². The van der Waals surface area contributed by atoms with E-state index in [1.54, 1.807) is 0 Å². The van der Waals surface area contributed by atoms with Gasteiger partial charge in [-0.25, -0.2) is 4.89 Å². The van der Waals surface area contributed by atoms with E-state index < -0.39 is 8.32 Å². The van der Waals surface area contributed by atoms with Crippen molar-refractivity contribution >= 4 is 8.32 Å². The number of aliphatic hydroxyl groups excluding tert-OH is 1. The van der Waals surface area contributed by atoms with Crippen molar-refractivity contribution in [2.75, 3.05) is 13.2 Å². The van der Waals surface area contributed by atoms with Crippen molar-refractivity contribution in [1.29, 1.82) is 0 Å². The molecule has 0 heterocycles. The van der Waals surface area contributed by atoms with Crippen LogP contribution >= 0.6 is 0 Å². The Labute approximate surface area is 56.7 Å². The van der Waals surface area contributed by atoms with Crippen LogP contribution in [0.1, 0.15) is 0 Å². The summed E-state index contributed by atoms with van der Waals surface area (Å²) < 4.78 is 4.95. The fraction of sp³-hybridized carbons (Fsp3) is 1.00. The zero-order valence-electron chi connectivity index (χ0n) is 6.18. The van der Waals surface area contributed by atoms with Crippen LogP contribution in [-0.2, 0) is 9.46 Å². The molecule has 0 bridgehead atoms. The van der Waals surface area contributed by atoms with Gasteiger partial charge in [-0.15, -0.1) is 0 Å². The van der Waals surface area contributed by atoms with E-state index in [4.69, 9.17) is 9.68 Å². The van der Waals surface area contributed by atoms with Gasteiger partial charge in [0.25, 0.3) is 0 Å². The van der Waals surface area contributed by atoms with Gasteiger partial charge in [0.15, 0.2) is 0 Å². The molecule has 0 unspecified atom stereocenters. The van der Waals surface area contributed by atoms with E-state index in [9.17, 15) is 0 Å². The van der Waals surface area contributed by atoms with Gasteiger partial charge in [-0.05, 0) is 19.6 Å². The first-order valence-corrected chi connectivity index (χ1v) is 6.38. The minimum Gasteiger partial charge on any atom is -0.394 e. The molecule has 0 aromatic heterocycles. The normalized spacial score (nSPS) is 12.0. The van der Waals surface area contributed by atoms with Crippen LogP contribution in [0.5, 0.6) is 0 Å². The van der Waals surface area contributed by atoms with Crippen LogP contribution in [0.15, 0.2) is 0 Å². The second-order valence-corrected chi connectivity index (χ2v) is 7.13. The van der Waals surface area contributed by atoms with Gasteiger partial charge in [0.2, 0.25) is 8.32 Å². The molecule has 56 valence electrons. The van der Waals surface area contributed by atoms with Gasteiger partial charge >= 0.3 is 0 Å². The molecule has 0 saturated carbocycles. The third-order valence-corrected chi connectivity index (χ3v) is 1.10. The maximum Gasteiger partial charge on any atom is 0.230 e. The molecule has 3 nitrogen and oxygen atoms in total. The Kier molecular flexibility index (Phi) is 4.04. The summed E-state index contributed by atoms with van der Waals surface area (Å²) in [6.07, 6.45) is 0. The third-order valence-electron chi connectivity index (χ3n) is 0.484. The van der Waals surface area contributed by atoms with Gasteiger partial charge in [0.1, 0.15) is 6.61 Å². The van der Waals surface area contributed by atoms with Crippen molar-refractivity contribution in [3.8, 4) is 0 Å². The highest BCUT2D eigenvalue weighted by atomic mass is 28.4. The molecule has 0 aliphatic carbocycles. The summed E-state index contributed by atoms with van der Waals surface area (Å²) in [6, 6.07) is 0. The lowest BCUT2D eigenvalue weighted by molar-refractivity contribution is -0.222. The second-order valence-electron chi connectivity index (χ2n) is 2.74. The van der Waals surface area contributed by atoms with E-state index in [2.05, 4.69) is 4.89 Å². The van der Waals surface area contributed by atoms with Crippen molar-refractivity contribution in [3.63, 3.8) is 0 Å². The van der Waals surface area contributed by atoms with Crippen LogP contribution in [0, 0.1) is 0 Å². The fourth-order valence-electron chi connectivity index (χ4n) is 0.256. The number of rotatable bonds is 4. The van der Waals surface area contributed by atoms with Gasteiger partial charge in [0.05, 0.1) is 6.61 Å². The van der Waals surface area contributed by atoms with Gasteiger partial charge in [-0.2, -0.15) is 0 Å². The lowest BCUT2D eigenvalue weighted by Gasteiger charge is -2.14. The molecular weight excluding hydrogens is 136 g/mol. The Morgan fingerprint density at radius 3 is 2.22 bits per heavy atom. The van der Waals surface area contributed by atoms with Crippen molar-refractivity contribution in [2.45, 2.75) is 19.6 Å². The highest BCUT2D eigenvalue weighted by Gasteiger charge is 2.15. The summed E-state index contributed by atoms with van der Waals surface area (Å²) >= 11 is 0. The summed E-state index contributed by atoms with van der Waals surface area (Å²) in [6.45, 7) is 6.34. The molecule has 0 aromatic rings. The van der Waals surface area contributed by atoms with Gasteiger partial charge < -0.3 is 5.11 Å². The van der Waals surface area contributed by atoms with E-state index in [0.717, 1.165) is 0 Å². The number of hydrogen-bond acceptors (Lipinski definition) is 3. The van der Waals surface area contributed by atoms with Crippen LogP contribution < -0.4 is 0 Å². The zero-order valence-corrected chi connectivity index (χ0v) is 7.18. The Bertz CT molecular complexity index is 69.1. The molecule has 4 heteroatoms. The van der Waals surface area contributed by atoms with Gasteiger partial charge in [-0.3, -0.25) is 4.58 Å². The largest absolute Gasteiger partial charge is 0.394 e. The molecule has 0 aliphatic rings. The molecule has 0 aromatic carbocycles. The molecule has 0 amide bonds. The summed E-state index contributed by atoms with van der Waals surface area (Å²) in [4.78, 5) is 4.66. The van der Waals surface area contributed by atoms with Crippen LogP contribution in [0.3, 0.4) is 0 Å². The Hall–Kier alpha value is 0.0969. The highest BCUT2D eigenvalue weighted by Crippen LogP contribution is 2.01. The Morgan fingerprint density at radius 1 is 1.33 bits per heavy atom. The summed E-state index contributed by atoms with van der Waals surface area (Å²) in [5.41, 5.74) is 0. The van der Waals surface area contributed by atoms with Gasteiger partial charge in [-0.1, -0.05) is 0 Å². The highest BCUT2D eigenvalue weighted by molar-refractivity contribution is 6.69. The van der Waals surface area contributed by atoms with E-state index >= 15 is 0 Å². The average Bonchev–Trinajstić information content (AvgIpc) is 1.63. The van der Waals surface area contributed by atoms with Crippen molar-refractivity contribution in [1.82, 2.24) is 0 Å². The first-order chi connectivity index (χ1) is 4.06. The molecular formula is C5H14O3Si. The molecule has 0 saturated heterocycles. The summed E-state index contributed by atoms with van der Waals surface area (Å²) in [5.74, 6) is 0. The molecule has 0 atom stereocenters. The van der Waals surface area contributed by atoms with E-state index in [0.29, 0.717) is 0 Å². The maximum atomic E-state index is 8.27. The van der Waals surface area contributed by atoms with Crippen molar-refractivity contribution < 1.29 is 14.6 Å². The topological polar surface area (TPSA) is 38.7 Å². The van der Waals surface area contributed by atoms with Crippen LogP contribution in [-0.4, -0.2) is 26.6 Å². The molecule has 0 radical (unpaired) electrons. The molecule has 0 rings (SSSR count). The summed E-state index contributed by atoms with van der Waals surface area (Å²) in [5, 5.41) is 8.27. The number of aliphatic hydroxyl groups is 1. The van der Waals surface area contributed by atoms with E-state index in [1.807, 2.05) is 19.6 Å². The lowest BCUT2D eigenvalue weighted by atomic mass is 10.8. The first-order valence-electron chi connectivity index (χ1n) is 2.98. The predicted octanol–water partition coefficient (Wildman–Crippen LogP) is 0.762. The standard InChI is InChI=1S/C5H14O3Si/c1-9(2,3)8-7-5-4-6/h6H,4-5H2,1-3H3. The summed E-state index contributed by atoms with van der Waals surface area (Å²) in [7, 11) is -1.53. The predicted molar refractivity (Wildman–Crippen MR) is 37.5 cm³/mol. The quantitative estimate of drug-likeness (QED) is 0.278. The Morgan fingerprint density at radius 2 is 1.89 bits per heavy atom. The molecule has 0 aliphatic heterocycles. The van der Waals surface area contributed by atoms with Gasteiger partial charge in [0, 0.05) is 0 Å². The molecule has 9 heavy (non-hydrogen) atoms. The molecule has 1 N–H and O–H groups in total. The van der Waals surface area contributed by atoms with Crippen LogP contribution in [0.2, 0.25) is 19.6 Å². The van der Waals surface area contributed by atoms with Crippen LogP contribution in [0.4, 0.5) is 0 Å². The second kappa shape index (κ2) is 4.00. The average molecular weight is 150 g/mol. The minimum absolute atomic E-state index is 0.0183. The van der Waals surface area contributed by atoms with Crippen LogP contribution in [0.25, 0.3) is 0 Å². The molecule has 0 spiro atoms. The lowest BCUT2D eigenvalue weighted by Crippen LogP contribution is -2.26. The zero-order chi connectivity index (χ0) is 7.33. The SMILES string of the molecule is C[Si](C)(C)OOCCO. The third kappa shape index (κ3) is 8.10. The monoisotopic (exact) mass is 150 g/mol. The number of hydrogen-bond donors (Lipinski definition) is 1. The van der Waals surface area contributed by atoms with E-state index in [1.165, 1.54) is 0 Å². The maximum absolute atomic E-state index is 8.27. The minimum atomic E-state index is -1.53. The smallest absolute Gasteiger partial charge is 0.230 e. The fourth-order valence-corrected chi connectivity index (χ4v) is 0.693.